The third-order valence-electron chi connectivity index (χ3n) is 4.11. The Balaban J connectivity index is 1.41. The smallest absolute Gasteiger partial charge is 0.298 e. The summed E-state index contributed by atoms with van der Waals surface area (Å²) in [5.74, 6) is 2.52. The number of hydrogen-bond donors (Lipinski definition) is 0. The van der Waals surface area contributed by atoms with E-state index in [-0.39, 0.29) is 5.92 Å². The number of para-hydroxylation sites is 2. The lowest BCUT2D eigenvalue weighted by molar-refractivity contribution is -0.136. The first kappa shape index (κ1) is 13.0. The first-order valence-electron chi connectivity index (χ1n) is 7.28. The lowest BCUT2D eigenvalue weighted by atomic mass is 9.99. The van der Waals surface area contributed by atoms with Crippen LogP contribution >= 0.6 is 11.8 Å². The second-order valence-electron chi connectivity index (χ2n) is 5.50. The van der Waals surface area contributed by atoms with Gasteiger partial charge in [0.2, 0.25) is 5.91 Å². The first-order chi connectivity index (χ1) is 10.3. The van der Waals surface area contributed by atoms with Gasteiger partial charge in [0.1, 0.15) is 5.52 Å². The molecular weight excluding hydrogens is 286 g/mol. The minimum absolute atomic E-state index is 0.100. The third kappa shape index (κ3) is 2.37. The molecule has 6 heteroatoms. The van der Waals surface area contributed by atoms with E-state index in [0.29, 0.717) is 11.9 Å². The van der Waals surface area contributed by atoms with Gasteiger partial charge in [0.05, 0.1) is 5.92 Å². The quantitative estimate of drug-likeness (QED) is 0.847. The molecule has 0 spiro atoms. The molecule has 0 atom stereocenters. The van der Waals surface area contributed by atoms with Crippen molar-refractivity contribution in [3.63, 3.8) is 0 Å². The van der Waals surface area contributed by atoms with E-state index >= 15 is 0 Å². The fourth-order valence-electron chi connectivity index (χ4n) is 2.83. The molecule has 0 N–H and O–H groups in total. The van der Waals surface area contributed by atoms with Crippen LogP contribution in [0.4, 0.5) is 6.01 Å². The maximum Gasteiger partial charge on any atom is 0.298 e. The predicted molar refractivity (Wildman–Crippen MR) is 83.6 cm³/mol. The van der Waals surface area contributed by atoms with Gasteiger partial charge in [0.15, 0.2) is 5.58 Å². The Kier molecular flexibility index (Phi) is 3.25. The largest absolute Gasteiger partial charge is 0.423 e. The maximum atomic E-state index is 12.4. The molecule has 2 fully saturated rings. The summed E-state index contributed by atoms with van der Waals surface area (Å²) in [6, 6.07) is 8.38. The average molecular weight is 303 g/mol. The van der Waals surface area contributed by atoms with Crippen molar-refractivity contribution in [1.29, 1.82) is 0 Å². The molecule has 2 aliphatic rings. The molecule has 1 aromatic heterocycles. The minimum atomic E-state index is 0.100. The van der Waals surface area contributed by atoms with Crippen LogP contribution in [0.1, 0.15) is 0 Å². The van der Waals surface area contributed by atoms with Gasteiger partial charge in [-0.05, 0) is 12.1 Å². The highest BCUT2D eigenvalue weighted by atomic mass is 32.2. The minimum Gasteiger partial charge on any atom is -0.423 e. The number of nitrogens with zero attached hydrogens (tertiary/aromatic N) is 3. The topological polar surface area (TPSA) is 49.6 Å². The van der Waals surface area contributed by atoms with Crippen molar-refractivity contribution in [3.8, 4) is 0 Å². The van der Waals surface area contributed by atoms with Crippen molar-refractivity contribution < 1.29 is 9.21 Å². The number of carbonyl (C=O) groups excluding carboxylic acids is 1. The Bertz CT molecular complexity index is 627. The summed E-state index contributed by atoms with van der Waals surface area (Å²) in [6.45, 7) is 3.22. The zero-order chi connectivity index (χ0) is 14.2. The Labute approximate surface area is 127 Å². The molecule has 1 aromatic carbocycles. The summed E-state index contributed by atoms with van der Waals surface area (Å²) in [5.41, 5.74) is 1.67. The molecule has 2 aliphatic heterocycles. The molecule has 1 amide bonds. The van der Waals surface area contributed by atoms with Gasteiger partial charge in [-0.1, -0.05) is 12.1 Å². The summed E-state index contributed by atoms with van der Waals surface area (Å²) in [5, 5.41) is 0. The molecule has 2 aromatic rings. The van der Waals surface area contributed by atoms with Gasteiger partial charge in [-0.15, -0.1) is 0 Å². The summed E-state index contributed by atoms with van der Waals surface area (Å²) in [4.78, 5) is 20.9. The Morgan fingerprint density at radius 3 is 2.76 bits per heavy atom. The summed E-state index contributed by atoms with van der Waals surface area (Å²) in [6.07, 6.45) is 0. The van der Waals surface area contributed by atoms with Crippen molar-refractivity contribution in [2.75, 3.05) is 42.6 Å². The number of oxazole rings is 1. The van der Waals surface area contributed by atoms with Crippen LogP contribution in [0.25, 0.3) is 11.1 Å². The second-order valence-corrected chi connectivity index (χ2v) is 6.73. The monoisotopic (exact) mass is 303 g/mol. The number of carbonyl (C=O) groups is 1. The van der Waals surface area contributed by atoms with Gasteiger partial charge < -0.3 is 14.2 Å². The highest BCUT2D eigenvalue weighted by molar-refractivity contribution is 7.99. The highest BCUT2D eigenvalue weighted by Gasteiger charge is 2.37. The summed E-state index contributed by atoms with van der Waals surface area (Å²) >= 11 is 1.92. The fourth-order valence-corrected chi connectivity index (χ4v) is 3.73. The van der Waals surface area contributed by atoms with Crippen LogP contribution in [0.3, 0.4) is 0 Å². The number of anilines is 1. The Morgan fingerprint density at radius 1 is 1.24 bits per heavy atom. The molecule has 110 valence electrons. The van der Waals surface area contributed by atoms with Crippen molar-refractivity contribution in [2.45, 2.75) is 0 Å². The number of fused-ring (bicyclic) bond motifs is 1. The Morgan fingerprint density at radius 2 is 2.00 bits per heavy atom. The van der Waals surface area contributed by atoms with Crippen molar-refractivity contribution in [2.24, 2.45) is 5.92 Å². The maximum absolute atomic E-state index is 12.4. The van der Waals surface area contributed by atoms with Crippen molar-refractivity contribution >= 4 is 34.8 Å². The van der Waals surface area contributed by atoms with Crippen LogP contribution in [0.15, 0.2) is 28.7 Å². The molecule has 3 heterocycles. The van der Waals surface area contributed by atoms with Crippen LogP contribution in [0.5, 0.6) is 0 Å². The van der Waals surface area contributed by atoms with E-state index in [0.717, 1.165) is 48.8 Å². The molecule has 2 saturated heterocycles. The molecule has 0 aliphatic carbocycles. The van der Waals surface area contributed by atoms with Gasteiger partial charge in [-0.2, -0.15) is 16.7 Å². The molecule has 0 saturated carbocycles. The zero-order valence-corrected chi connectivity index (χ0v) is 12.5. The first-order valence-corrected chi connectivity index (χ1v) is 8.44. The molecule has 4 rings (SSSR count). The third-order valence-corrected chi connectivity index (χ3v) is 5.05. The molecule has 0 radical (unpaired) electrons. The average Bonchev–Trinajstić information content (AvgIpc) is 2.90. The number of thioether (sulfide) groups is 1. The van der Waals surface area contributed by atoms with Crippen LogP contribution in [-0.4, -0.2) is 53.5 Å². The van der Waals surface area contributed by atoms with E-state index < -0.39 is 0 Å². The number of benzene rings is 1. The van der Waals surface area contributed by atoms with Gasteiger partial charge in [0, 0.05) is 37.7 Å². The van der Waals surface area contributed by atoms with E-state index in [1.54, 1.807) is 0 Å². The van der Waals surface area contributed by atoms with Crippen LogP contribution in [0.2, 0.25) is 0 Å². The highest BCUT2D eigenvalue weighted by Crippen LogP contribution is 2.28. The molecule has 21 heavy (non-hydrogen) atoms. The van der Waals surface area contributed by atoms with Crippen LogP contribution < -0.4 is 4.90 Å². The van der Waals surface area contributed by atoms with Crippen molar-refractivity contribution in [1.82, 2.24) is 9.88 Å². The van der Waals surface area contributed by atoms with Gasteiger partial charge in [-0.25, -0.2) is 0 Å². The number of rotatable bonds is 2. The SMILES string of the molecule is O=C(C1CN(c2nc3ccccc3o2)C1)N1CCSCC1. The van der Waals surface area contributed by atoms with E-state index in [1.807, 2.05) is 45.8 Å². The normalized spacial score (nSPS) is 19.8. The molecule has 0 unspecified atom stereocenters. The van der Waals surface area contributed by atoms with E-state index in [4.69, 9.17) is 4.42 Å². The second kappa shape index (κ2) is 5.26. The van der Waals surface area contributed by atoms with E-state index in [1.165, 1.54) is 0 Å². The molecule has 0 bridgehead atoms. The fraction of sp³-hybridized carbons (Fsp3) is 0.467. The number of aromatic nitrogens is 1. The molecular formula is C15H17N3O2S. The predicted octanol–water partition coefficient (Wildman–Crippen LogP) is 1.84. The number of hydrogen-bond acceptors (Lipinski definition) is 5. The summed E-state index contributed by atoms with van der Waals surface area (Å²) in [7, 11) is 0. The summed E-state index contributed by atoms with van der Waals surface area (Å²) < 4.78 is 5.73. The van der Waals surface area contributed by atoms with Crippen LogP contribution in [-0.2, 0) is 4.79 Å². The van der Waals surface area contributed by atoms with Gasteiger partial charge in [-0.3, -0.25) is 4.79 Å². The Hall–Kier alpha value is -1.69. The van der Waals surface area contributed by atoms with Gasteiger partial charge in [0.25, 0.3) is 6.01 Å². The molecule has 5 nitrogen and oxygen atoms in total. The van der Waals surface area contributed by atoms with E-state index in [2.05, 4.69) is 4.98 Å². The number of amides is 1. The van der Waals surface area contributed by atoms with Crippen molar-refractivity contribution in [3.05, 3.63) is 24.3 Å². The zero-order valence-electron chi connectivity index (χ0n) is 11.7. The van der Waals surface area contributed by atoms with E-state index in [9.17, 15) is 4.79 Å². The van der Waals surface area contributed by atoms with Gasteiger partial charge >= 0.3 is 0 Å². The lowest BCUT2D eigenvalue weighted by Gasteiger charge is -2.40. The lowest BCUT2D eigenvalue weighted by Crippen LogP contribution is -2.56. The standard InChI is InChI=1S/C15H17N3O2S/c19-14(17-5-7-21-8-6-17)11-9-18(10-11)15-16-12-3-1-2-4-13(12)20-15/h1-4,11H,5-10H2. The van der Waals surface area contributed by atoms with Crippen LogP contribution in [0, 0.1) is 5.92 Å².